The van der Waals surface area contributed by atoms with Gasteiger partial charge < -0.3 is 0 Å². The van der Waals surface area contributed by atoms with Gasteiger partial charge in [-0.1, -0.05) is 12.5 Å². The van der Waals surface area contributed by atoms with Crippen molar-refractivity contribution < 1.29 is 4.79 Å². The monoisotopic (exact) mass is 150 g/mol. The molecule has 0 heterocycles. The highest BCUT2D eigenvalue weighted by Gasteiger charge is 2.23. The number of allylic oxidation sites excluding steroid dienone is 3. The average Bonchev–Trinajstić information content (AvgIpc) is 2.30. The van der Waals surface area contributed by atoms with Crippen LogP contribution in [0, 0.1) is 5.92 Å². The predicted octanol–water partition coefficient (Wildman–Crippen LogP) is 2.51. The van der Waals surface area contributed by atoms with Crippen molar-refractivity contribution >= 4 is 5.94 Å². The van der Waals surface area contributed by atoms with Crippen molar-refractivity contribution in [1.29, 1.82) is 0 Å². The second kappa shape index (κ2) is 3.06. The summed E-state index contributed by atoms with van der Waals surface area (Å²) in [6.07, 6.45) is 2.18. The number of carbonyl (C=O) groups excluding carboxylic acids is 1. The van der Waals surface area contributed by atoms with Gasteiger partial charge in [0, 0.05) is 5.57 Å². The zero-order valence-corrected chi connectivity index (χ0v) is 7.40. The highest BCUT2D eigenvalue weighted by Crippen LogP contribution is 2.35. The highest BCUT2D eigenvalue weighted by molar-refractivity contribution is 5.64. The van der Waals surface area contributed by atoms with Crippen LogP contribution in [0.15, 0.2) is 16.7 Å². The molecular formula is C10H14O. The van der Waals surface area contributed by atoms with Gasteiger partial charge in [-0.2, -0.15) is 0 Å². The first-order valence-corrected chi connectivity index (χ1v) is 4.08. The predicted molar refractivity (Wildman–Crippen MR) is 46.0 cm³/mol. The Bertz CT molecular complexity index is 238. The van der Waals surface area contributed by atoms with Crippen LogP contribution in [-0.4, -0.2) is 5.94 Å². The van der Waals surface area contributed by atoms with Gasteiger partial charge in [-0.05, 0) is 38.2 Å². The van der Waals surface area contributed by atoms with Gasteiger partial charge in [-0.25, -0.2) is 4.79 Å². The van der Waals surface area contributed by atoms with Crippen molar-refractivity contribution in [2.45, 2.75) is 33.6 Å². The third-order valence-corrected chi connectivity index (χ3v) is 2.36. The summed E-state index contributed by atoms with van der Waals surface area (Å²) in [5.41, 5.74) is 3.42. The van der Waals surface area contributed by atoms with Gasteiger partial charge in [0.2, 0.25) is 0 Å². The van der Waals surface area contributed by atoms with E-state index in [2.05, 4.69) is 26.7 Å². The Hall–Kier alpha value is -0.810. The first kappa shape index (κ1) is 8.29. The molecule has 1 nitrogen and oxygen atoms in total. The van der Waals surface area contributed by atoms with Crippen LogP contribution < -0.4 is 0 Å². The molecule has 0 aromatic heterocycles. The van der Waals surface area contributed by atoms with Gasteiger partial charge in [0.1, 0.15) is 5.94 Å². The lowest BCUT2D eigenvalue weighted by Crippen LogP contribution is -1.91. The summed E-state index contributed by atoms with van der Waals surface area (Å²) in [6, 6.07) is 0. The number of hydrogen-bond acceptors (Lipinski definition) is 1. The zero-order valence-electron chi connectivity index (χ0n) is 7.40. The molecule has 0 radical (unpaired) electrons. The van der Waals surface area contributed by atoms with Crippen LogP contribution in [0.1, 0.15) is 33.6 Å². The standard InChI is InChI=1S/C10H14O/c1-7(2)9-5-4-8(3)10(9)6-11/h8H,4-5H2,1-3H3/t8-/m1/s1. The molecule has 1 aliphatic rings. The summed E-state index contributed by atoms with van der Waals surface area (Å²) in [5, 5.41) is 0. The Labute approximate surface area is 67.8 Å². The van der Waals surface area contributed by atoms with Crippen molar-refractivity contribution in [3.63, 3.8) is 0 Å². The maximum Gasteiger partial charge on any atom is 0.128 e. The summed E-state index contributed by atoms with van der Waals surface area (Å²) in [5.74, 6) is 2.48. The quantitative estimate of drug-likeness (QED) is 0.485. The van der Waals surface area contributed by atoms with Crippen molar-refractivity contribution in [1.82, 2.24) is 0 Å². The molecule has 0 saturated heterocycles. The van der Waals surface area contributed by atoms with E-state index in [0.717, 1.165) is 18.4 Å². The largest absolute Gasteiger partial charge is 0.233 e. The van der Waals surface area contributed by atoms with Crippen LogP contribution in [0.3, 0.4) is 0 Å². The lowest BCUT2D eigenvalue weighted by atomic mass is 10.0. The zero-order chi connectivity index (χ0) is 8.43. The van der Waals surface area contributed by atoms with Crippen LogP contribution in [0.4, 0.5) is 0 Å². The van der Waals surface area contributed by atoms with Crippen LogP contribution in [0.5, 0.6) is 0 Å². The Balaban J connectivity index is 3.06. The molecule has 60 valence electrons. The third kappa shape index (κ3) is 1.44. The van der Waals surface area contributed by atoms with Crippen molar-refractivity contribution in [3.05, 3.63) is 16.7 Å². The lowest BCUT2D eigenvalue weighted by Gasteiger charge is -2.01. The maximum absolute atomic E-state index is 10.5. The van der Waals surface area contributed by atoms with Gasteiger partial charge in [0.05, 0.1) is 0 Å². The third-order valence-electron chi connectivity index (χ3n) is 2.36. The minimum Gasteiger partial charge on any atom is -0.233 e. The summed E-state index contributed by atoms with van der Waals surface area (Å²) in [6.45, 7) is 6.21. The molecule has 0 spiro atoms. The Morgan fingerprint density at radius 3 is 2.55 bits per heavy atom. The summed E-state index contributed by atoms with van der Waals surface area (Å²) in [7, 11) is 0. The SMILES string of the molecule is CC(C)=C1CC[C@@H](C)C1=C=O. The van der Waals surface area contributed by atoms with E-state index >= 15 is 0 Å². The molecule has 1 atom stereocenters. The lowest BCUT2D eigenvalue weighted by molar-refractivity contribution is 0.564. The normalized spacial score (nSPS) is 23.7. The Morgan fingerprint density at radius 1 is 1.55 bits per heavy atom. The smallest absolute Gasteiger partial charge is 0.128 e. The molecule has 1 fully saturated rings. The molecule has 0 N–H and O–H groups in total. The molecule has 11 heavy (non-hydrogen) atoms. The van der Waals surface area contributed by atoms with Gasteiger partial charge in [-0.15, -0.1) is 0 Å². The molecule has 1 aliphatic carbocycles. The average molecular weight is 150 g/mol. The fraction of sp³-hybridized carbons (Fsp3) is 0.600. The van der Waals surface area contributed by atoms with E-state index in [1.807, 2.05) is 0 Å². The molecule has 0 bridgehead atoms. The van der Waals surface area contributed by atoms with Gasteiger partial charge in [-0.3, -0.25) is 0 Å². The molecule has 0 amide bonds. The first-order valence-electron chi connectivity index (χ1n) is 4.08. The van der Waals surface area contributed by atoms with Gasteiger partial charge in [0.25, 0.3) is 0 Å². The van der Waals surface area contributed by atoms with Gasteiger partial charge in [0.15, 0.2) is 0 Å². The van der Waals surface area contributed by atoms with Crippen molar-refractivity contribution in [2.75, 3.05) is 0 Å². The molecule has 0 aromatic carbocycles. The summed E-state index contributed by atoms with van der Waals surface area (Å²) >= 11 is 0. The summed E-state index contributed by atoms with van der Waals surface area (Å²) in [4.78, 5) is 10.5. The van der Waals surface area contributed by atoms with E-state index in [1.54, 1.807) is 0 Å². The molecule has 1 rings (SSSR count). The molecule has 0 aromatic rings. The fourth-order valence-electron chi connectivity index (χ4n) is 1.62. The number of hydrogen-bond donors (Lipinski definition) is 0. The second-order valence-corrected chi connectivity index (χ2v) is 3.43. The van der Waals surface area contributed by atoms with Crippen molar-refractivity contribution in [2.24, 2.45) is 5.92 Å². The maximum atomic E-state index is 10.5. The van der Waals surface area contributed by atoms with Gasteiger partial charge >= 0.3 is 0 Å². The Morgan fingerprint density at radius 2 is 2.18 bits per heavy atom. The van der Waals surface area contributed by atoms with Crippen LogP contribution in [0.25, 0.3) is 0 Å². The van der Waals surface area contributed by atoms with E-state index in [0.29, 0.717) is 5.92 Å². The molecule has 1 saturated carbocycles. The van der Waals surface area contributed by atoms with Crippen molar-refractivity contribution in [3.8, 4) is 0 Å². The Kier molecular flexibility index (Phi) is 2.31. The number of rotatable bonds is 0. The van der Waals surface area contributed by atoms with Crippen LogP contribution in [-0.2, 0) is 4.79 Å². The highest BCUT2D eigenvalue weighted by atomic mass is 16.1. The fourth-order valence-corrected chi connectivity index (χ4v) is 1.62. The van der Waals surface area contributed by atoms with E-state index in [1.165, 1.54) is 11.1 Å². The summed E-state index contributed by atoms with van der Waals surface area (Å²) < 4.78 is 0. The molecular weight excluding hydrogens is 136 g/mol. The van der Waals surface area contributed by atoms with Crippen LogP contribution >= 0.6 is 0 Å². The molecule has 0 unspecified atom stereocenters. The first-order chi connectivity index (χ1) is 5.16. The topological polar surface area (TPSA) is 17.1 Å². The van der Waals surface area contributed by atoms with E-state index in [9.17, 15) is 4.79 Å². The second-order valence-electron chi connectivity index (χ2n) is 3.43. The molecule has 1 heteroatoms. The van der Waals surface area contributed by atoms with E-state index < -0.39 is 0 Å². The molecule has 0 aliphatic heterocycles. The minimum atomic E-state index is 0.428. The van der Waals surface area contributed by atoms with E-state index in [-0.39, 0.29) is 0 Å². The van der Waals surface area contributed by atoms with Crippen LogP contribution in [0.2, 0.25) is 0 Å². The van der Waals surface area contributed by atoms with E-state index in [4.69, 9.17) is 0 Å². The minimum absolute atomic E-state index is 0.428.